The van der Waals surface area contributed by atoms with E-state index in [0.29, 0.717) is 27.2 Å². The van der Waals surface area contributed by atoms with Crippen molar-refractivity contribution < 1.29 is 24.2 Å². The van der Waals surface area contributed by atoms with Gasteiger partial charge < -0.3 is 20.5 Å². The molecule has 3 rings (SSSR count). The van der Waals surface area contributed by atoms with Crippen LogP contribution in [0.4, 0.5) is 10.7 Å². The zero-order chi connectivity index (χ0) is 21.0. The van der Waals surface area contributed by atoms with Gasteiger partial charge in [0.2, 0.25) is 0 Å². The van der Waals surface area contributed by atoms with Gasteiger partial charge in [0.1, 0.15) is 18.2 Å². The summed E-state index contributed by atoms with van der Waals surface area (Å²) >= 11 is 7.28. The largest absolute Gasteiger partial charge is 0.480 e. The van der Waals surface area contributed by atoms with Crippen LogP contribution in [-0.4, -0.2) is 36.1 Å². The number of carboxylic acids is 1. The molecule has 7 nitrogen and oxygen atoms in total. The lowest BCUT2D eigenvalue weighted by Crippen LogP contribution is -2.22. The third-order valence-corrected chi connectivity index (χ3v) is 5.97. The molecular weight excluding hydrogens is 416 g/mol. The van der Waals surface area contributed by atoms with Crippen LogP contribution in [-0.2, 0) is 27.2 Å². The molecule has 0 saturated heterocycles. The Kier molecular flexibility index (Phi) is 6.89. The molecule has 1 aliphatic rings. The van der Waals surface area contributed by atoms with Gasteiger partial charge in [0.05, 0.1) is 5.56 Å². The lowest BCUT2D eigenvalue weighted by Gasteiger charge is -2.18. The molecule has 154 valence electrons. The Morgan fingerprint density at radius 3 is 2.62 bits per heavy atom. The number of amides is 2. The molecule has 29 heavy (non-hydrogen) atoms. The number of aliphatic carboxylic acids is 1. The Labute approximate surface area is 177 Å². The summed E-state index contributed by atoms with van der Waals surface area (Å²) in [6, 6.07) is 6.78. The second-order valence-corrected chi connectivity index (χ2v) is 8.49. The van der Waals surface area contributed by atoms with Gasteiger partial charge in [0.25, 0.3) is 11.8 Å². The number of anilines is 2. The van der Waals surface area contributed by atoms with E-state index in [2.05, 4.69) is 17.6 Å². The van der Waals surface area contributed by atoms with E-state index >= 15 is 0 Å². The number of hydrogen-bond acceptors (Lipinski definition) is 5. The summed E-state index contributed by atoms with van der Waals surface area (Å²) in [4.78, 5) is 36.8. The smallest absolute Gasteiger partial charge is 0.329 e. The molecule has 0 radical (unpaired) electrons. The molecule has 1 heterocycles. The van der Waals surface area contributed by atoms with Crippen LogP contribution in [0.5, 0.6) is 0 Å². The van der Waals surface area contributed by atoms with E-state index in [1.54, 1.807) is 24.3 Å². The lowest BCUT2D eigenvalue weighted by atomic mass is 9.88. The molecule has 0 fully saturated rings. The zero-order valence-corrected chi connectivity index (χ0v) is 17.4. The van der Waals surface area contributed by atoms with Crippen molar-refractivity contribution in [3.05, 3.63) is 45.3 Å². The molecule has 1 aromatic carbocycles. The van der Waals surface area contributed by atoms with Crippen molar-refractivity contribution >= 4 is 51.4 Å². The third kappa shape index (κ3) is 5.56. The highest BCUT2D eigenvalue weighted by atomic mass is 35.5. The second-order valence-electron chi connectivity index (χ2n) is 6.95. The number of hydrogen-bond donors (Lipinski definition) is 3. The van der Waals surface area contributed by atoms with Crippen LogP contribution >= 0.6 is 22.9 Å². The minimum Gasteiger partial charge on any atom is -0.480 e. The molecular formula is C20H21ClN2O5S. The summed E-state index contributed by atoms with van der Waals surface area (Å²) < 4.78 is 4.84. The molecule has 0 unspecified atom stereocenters. The average Bonchev–Trinajstić information content (AvgIpc) is 3.00. The fraction of sp³-hybridized carbons (Fsp3) is 0.350. The Balaban J connectivity index is 1.81. The van der Waals surface area contributed by atoms with Crippen LogP contribution in [0, 0.1) is 5.92 Å². The van der Waals surface area contributed by atoms with Crippen molar-refractivity contribution in [3.8, 4) is 0 Å². The molecule has 2 aromatic rings. The number of carboxylic acid groups (broad SMARTS) is 1. The van der Waals surface area contributed by atoms with Gasteiger partial charge in [-0.25, -0.2) is 4.79 Å². The lowest BCUT2D eigenvalue weighted by molar-refractivity contribution is -0.143. The number of rotatable bonds is 7. The van der Waals surface area contributed by atoms with Crippen LogP contribution < -0.4 is 10.6 Å². The standard InChI is InChI=1S/C20H21ClN2O5S/c1-11-2-7-14-15(8-11)29-20(23-16(24)9-28-10-17(25)26)18(14)19(27)22-13-5-3-12(21)4-6-13/h3-6,11H,2,7-10H2,1H3,(H,22,27)(H,23,24)(H,25,26)/t11-/m1/s1. The first kappa shape index (κ1) is 21.3. The van der Waals surface area contributed by atoms with Gasteiger partial charge in [0.15, 0.2) is 0 Å². The molecule has 1 aliphatic carbocycles. The van der Waals surface area contributed by atoms with Crippen molar-refractivity contribution in [1.82, 2.24) is 0 Å². The summed E-state index contributed by atoms with van der Waals surface area (Å²) in [5, 5.41) is 15.2. The van der Waals surface area contributed by atoms with E-state index in [1.807, 2.05) is 0 Å². The number of nitrogens with one attached hydrogen (secondary N) is 2. The first-order chi connectivity index (χ1) is 13.8. The van der Waals surface area contributed by atoms with Gasteiger partial charge in [-0.2, -0.15) is 0 Å². The minimum absolute atomic E-state index is 0.305. The van der Waals surface area contributed by atoms with Crippen LogP contribution in [0.25, 0.3) is 0 Å². The first-order valence-corrected chi connectivity index (χ1v) is 10.3. The summed E-state index contributed by atoms with van der Waals surface area (Å²) in [6.07, 6.45) is 2.59. The number of thiophene rings is 1. The van der Waals surface area contributed by atoms with Crippen molar-refractivity contribution in [3.63, 3.8) is 0 Å². The van der Waals surface area contributed by atoms with Crippen LogP contribution in [0.1, 0.15) is 34.1 Å². The number of carbonyl (C=O) groups is 3. The van der Waals surface area contributed by atoms with E-state index in [4.69, 9.17) is 21.4 Å². The van der Waals surface area contributed by atoms with Crippen molar-refractivity contribution in [2.24, 2.45) is 5.92 Å². The normalized spacial score (nSPS) is 15.4. The number of carbonyl (C=O) groups excluding carboxylic acids is 2. The maximum absolute atomic E-state index is 13.0. The molecule has 0 spiro atoms. The van der Waals surface area contributed by atoms with Gasteiger partial charge in [0, 0.05) is 15.6 Å². The van der Waals surface area contributed by atoms with Crippen molar-refractivity contribution in [1.29, 1.82) is 0 Å². The number of benzene rings is 1. The first-order valence-electron chi connectivity index (χ1n) is 9.14. The van der Waals surface area contributed by atoms with E-state index in [0.717, 1.165) is 29.7 Å². The fourth-order valence-corrected chi connectivity index (χ4v) is 4.75. The van der Waals surface area contributed by atoms with E-state index in [1.165, 1.54) is 11.3 Å². The SMILES string of the molecule is C[C@@H]1CCc2c(sc(NC(=O)COCC(=O)O)c2C(=O)Nc2ccc(Cl)cc2)C1. The summed E-state index contributed by atoms with van der Waals surface area (Å²) in [7, 11) is 0. The van der Waals surface area contributed by atoms with E-state index in [-0.39, 0.29) is 5.91 Å². The Hall–Kier alpha value is -2.42. The van der Waals surface area contributed by atoms with E-state index in [9.17, 15) is 14.4 Å². The molecule has 1 atom stereocenters. The topological polar surface area (TPSA) is 105 Å². The highest BCUT2D eigenvalue weighted by molar-refractivity contribution is 7.17. The molecule has 0 saturated carbocycles. The average molecular weight is 437 g/mol. The zero-order valence-electron chi connectivity index (χ0n) is 15.8. The fourth-order valence-electron chi connectivity index (χ4n) is 3.20. The van der Waals surface area contributed by atoms with Gasteiger partial charge in [-0.3, -0.25) is 9.59 Å². The molecule has 0 aliphatic heterocycles. The van der Waals surface area contributed by atoms with E-state index < -0.39 is 25.1 Å². The predicted molar refractivity (Wildman–Crippen MR) is 112 cm³/mol. The third-order valence-electron chi connectivity index (χ3n) is 4.55. The van der Waals surface area contributed by atoms with Crippen molar-refractivity contribution in [2.45, 2.75) is 26.2 Å². The monoisotopic (exact) mass is 436 g/mol. The quantitative estimate of drug-likeness (QED) is 0.612. The Morgan fingerprint density at radius 2 is 1.93 bits per heavy atom. The number of ether oxygens (including phenoxy) is 1. The highest BCUT2D eigenvalue weighted by Gasteiger charge is 2.28. The Bertz CT molecular complexity index is 926. The molecule has 1 aromatic heterocycles. The molecule has 2 amide bonds. The van der Waals surface area contributed by atoms with Crippen LogP contribution in [0.15, 0.2) is 24.3 Å². The summed E-state index contributed by atoms with van der Waals surface area (Å²) in [5.41, 5.74) is 2.02. The van der Waals surface area contributed by atoms with Gasteiger partial charge in [-0.15, -0.1) is 11.3 Å². The molecule has 0 bridgehead atoms. The van der Waals surface area contributed by atoms with Crippen molar-refractivity contribution in [2.75, 3.05) is 23.8 Å². The summed E-state index contributed by atoms with van der Waals surface area (Å²) in [6.45, 7) is 1.20. The van der Waals surface area contributed by atoms with Gasteiger partial charge in [-0.1, -0.05) is 18.5 Å². The van der Waals surface area contributed by atoms with Gasteiger partial charge in [-0.05, 0) is 55.0 Å². The van der Waals surface area contributed by atoms with Gasteiger partial charge >= 0.3 is 5.97 Å². The maximum atomic E-state index is 13.0. The van der Waals surface area contributed by atoms with Crippen LogP contribution in [0.2, 0.25) is 5.02 Å². The Morgan fingerprint density at radius 1 is 1.21 bits per heavy atom. The second kappa shape index (κ2) is 9.39. The summed E-state index contributed by atoms with van der Waals surface area (Å²) in [5.74, 6) is -1.45. The highest BCUT2D eigenvalue weighted by Crippen LogP contribution is 2.40. The predicted octanol–water partition coefficient (Wildman–Crippen LogP) is 3.82. The molecule has 9 heteroatoms. The molecule has 3 N–H and O–H groups in total. The minimum atomic E-state index is -1.15. The number of fused-ring (bicyclic) bond motifs is 1. The van der Waals surface area contributed by atoms with Crippen LogP contribution in [0.3, 0.4) is 0 Å². The number of halogens is 1. The maximum Gasteiger partial charge on any atom is 0.329 e.